The summed E-state index contributed by atoms with van der Waals surface area (Å²) in [5.41, 5.74) is 8.02. The first kappa shape index (κ1) is 8.70. The summed E-state index contributed by atoms with van der Waals surface area (Å²) in [5, 5.41) is 0. The van der Waals surface area contributed by atoms with Gasteiger partial charge in [-0.25, -0.2) is 4.39 Å². The van der Waals surface area contributed by atoms with Gasteiger partial charge in [0.25, 0.3) is 0 Å². The van der Waals surface area contributed by atoms with Gasteiger partial charge >= 0.3 is 0 Å². The van der Waals surface area contributed by atoms with Crippen molar-refractivity contribution in [3.8, 4) is 0 Å². The molecule has 1 saturated carbocycles. The Morgan fingerprint density at radius 1 is 1.31 bits per heavy atom. The van der Waals surface area contributed by atoms with E-state index >= 15 is 0 Å². The van der Waals surface area contributed by atoms with E-state index in [0.29, 0.717) is 25.3 Å². The summed E-state index contributed by atoms with van der Waals surface area (Å²) in [4.78, 5) is 0. The second-order valence-corrected chi connectivity index (χ2v) is 3.67. The maximum absolute atomic E-state index is 12.7. The van der Waals surface area contributed by atoms with Gasteiger partial charge in [-0.3, -0.25) is 0 Å². The molecule has 2 rings (SSSR count). The van der Waals surface area contributed by atoms with Crippen molar-refractivity contribution in [2.75, 3.05) is 0 Å². The molecule has 0 aromatic heterocycles. The van der Waals surface area contributed by atoms with E-state index in [1.165, 1.54) is 11.1 Å². The zero-order chi connectivity index (χ0) is 9.26. The normalized spacial score (nSPS) is 26.9. The molecule has 1 aromatic rings. The maximum atomic E-state index is 12.7. The van der Waals surface area contributed by atoms with E-state index in [9.17, 15) is 4.39 Å². The van der Waals surface area contributed by atoms with Gasteiger partial charge in [-0.2, -0.15) is 0 Å². The highest BCUT2D eigenvalue weighted by Crippen LogP contribution is 2.39. The lowest BCUT2D eigenvalue weighted by Crippen LogP contribution is -2.24. The molecule has 0 unspecified atom stereocenters. The van der Waals surface area contributed by atoms with Gasteiger partial charge in [-0.05, 0) is 29.9 Å². The second-order valence-electron chi connectivity index (χ2n) is 3.67. The first-order valence-corrected chi connectivity index (χ1v) is 4.73. The Labute approximate surface area is 77.8 Å². The van der Waals surface area contributed by atoms with Crippen molar-refractivity contribution in [2.45, 2.75) is 31.5 Å². The molecule has 70 valence electrons. The van der Waals surface area contributed by atoms with E-state index in [0.717, 1.165) is 0 Å². The van der Waals surface area contributed by atoms with E-state index in [2.05, 4.69) is 6.07 Å². The molecule has 1 aromatic carbocycles. The van der Waals surface area contributed by atoms with Crippen LogP contribution < -0.4 is 5.73 Å². The quantitative estimate of drug-likeness (QED) is 0.741. The first-order valence-electron chi connectivity index (χ1n) is 4.73. The van der Waals surface area contributed by atoms with Gasteiger partial charge in [0.05, 0.1) is 0 Å². The molecule has 1 aliphatic rings. The van der Waals surface area contributed by atoms with E-state index in [-0.39, 0.29) is 0 Å². The smallest absolute Gasteiger partial charge is 0.101 e. The van der Waals surface area contributed by atoms with Crippen LogP contribution in [0.1, 0.15) is 29.9 Å². The zero-order valence-corrected chi connectivity index (χ0v) is 7.54. The van der Waals surface area contributed by atoms with Gasteiger partial charge in [-0.1, -0.05) is 24.3 Å². The summed E-state index contributed by atoms with van der Waals surface area (Å²) in [6.07, 6.45) is 0.768. The minimum Gasteiger partial charge on any atom is -0.326 e. The van der Waals surface area contributed by atoms with Crippen molar-refractivity contribution in [3.05, 3.63) is 35.4 Å². The Morgan fingerprint density at radius 2 is 2.00 bits per heavy atom. The van der Waals surface area contributed by atoms with Crippen molar-refractivity contribution >= 4 is 0 Å². The number of rotatable bonds is 2. The molecule has 0 bridgehead atoms. The van der Waals surface area contributed by atoms with Crippen LogP contribution >= 0.6 is 0 Å². The molecule has 1 nitrogen and oxygen atoms in total. The SMILES string of the molecule is NCc1ccccc1C1CC(F)C1. The summed E-state index contributed by atoms with van der Waals surface area (Å²) in [5.74, 6) is 0.412. The highest BCUT2D eigenvalue weighted by molar-refractivity contribution is 5.32. The largest absolute Gasteiger partial charge is 0.326 e. The molecule has 0 spiro atoms. The summed E-state index contributed by atoms with van der Waals surface area (Å²) in [6.45, 7) is 0.559. The second kappa shape index (κ2) is 3.46. The van der Waals surface area contributed by atoms with Crippen LogP contribution in [0.4, 0.5) is 4.39 Å². The standard InChI is InChI=1S/C11H14FN/c12-10-5-9(6-10)11-4-2-1-3-8(11)7-13/h1-4,9-10H,5-7,13H2. The number of alkyl halides is 1. The van der Waals surface area contributed by atoms with Crippen LogP contribution in [0.5, 0.6) is 0 Å². The minimum absolute atomic E-state index is 0.412. The number of halogens is 1. The third-order valence-corrected chi connectivity index (χ3v) is 2.80. The van der Waals surface area contributed by atoms with Crippen molar-refractivity contribution in [1.82, 2.24) is 0 Å². The van der Waals surface area contributed by atoms with Crippen LogP contribution in [0.2, 0.25) is 0 Å². The van der Waals surface area contributed by atoms with Crippen molar-refractivity contribution in [2.24, 2.45) is 5.73 Å². The molecule has 2 N–H and O–H groups in total. The van der Waals surface area contributed by atoms with Crippen molar-refractivity contribution in [3.63, 3.8) is 0 Å². The van der Waals surface area contributed by atoms with Gasteiger partial charge < -0.3 is 5.73 Å². The fourth-order valence-corrected chi connectivity index (χ4v) is 1.92. The third kappa shape index (κ3) is 1.59. The highest BCUT2D eigenvalue weighted by Gasteiger charge is 2.30. The average molecular weight is 179 g/mol. The highest BCUT2D eigenvalue weighted by atomic mass is 19.1. The first-order chi connectivity index (χ1) is 6.31. The molecule has 0 radical (unpaired) electrons. The van der Waals surface area contributed by atoms with Gasteiger partial charge in [0.2, 0.25) is 0 Å². The summed E-state index contributed by atoms with van der Waals surface area (Å²) < 4.78 is 12.7. The summed E-state index contributed by atoms with van der Waals surface area (Å²) in [6, 6.07) is 8.08. The molecule has 1 fully saturated rings. The molecule has 0 heterocycles. The van der Waals surface area contributed by atoms with Crippen molar-refractivity contribution < 1.29 is 4.39 Å². The lowest BCUT2D eigenvalue weighted by Gasteiger charge is -2.31. The third-order valence-electron chi connectivity index (χ3n) is 2.80. The number of benzene rings is 1. The van der Waals surface area contributed by atoms with Crippen LogP contribution in [0.15, 0.2) is 24.3 Å². The Morgan fingerprint density at radius 3 is 2.62 bits per heavy atom. The Bertz CT molecular complexity index is 292. The predicted octanol–water partition coefficient (Wildman–Crippen LogP) is 2.36. The van der Waals surface area contributed by atoms with Gasteiger partial charge in [0, 0.05) is 6.54 Å². The van der Waals surface area contributed by atoms with E-state index in [1.54, 1.807) is 0 Å². The molecule has 13 heavy (non-hydrogen) atoms. The molecule has 0 aliphatic heterocycles. The van der Waals surface area contributed by atoms with Crippen LogP contribution in [-0.4, -0.2) is 6.17 Å². The predicted molar refractivity (Wildman–Crippen MR) is 51.2 cm³/mol. The van der Waals surface area contributed by atoms with Gasteiger partial charge in [-0.15, -0.1) is 0 Å². The van der Waals surface area contributed by atoms with E-state index in [1.807, 2.05) is 18.2 Å². The molecular weight excluding hydrogens is 165 g/mol. The Kier molecular flexibility index (Phi) is 2.32. The number of hydrogen-bond acceptors (Lipinski definition) is 1. The lowest BCUT2D eigenvalue weighted by atomic mass is 9.77. The zero-order valence-electron chi connectivity index (χ0n) is 7.54. The van der Waals surface area contributed by atoms with E-state index in [4.69, 9.17) is 5.73 Å². The molecule has 0 atom stereocenters. The molecule has 1 aliphatic carbocycles. The van der Waals surface area contributed by atoms with Crippen LogP contribution in [0.3, 0.4) is 0 Å². The van der Waals surface area contributed by atoms with Gasteiger partial charge in [0.1, 0.15) is 6.17 Å². The summed E-state index contributed by atoms with van der Waals surface area (Å²) >= 11 is 0. The molecule has 0 saturated heterocycles. The number of hydrogen-bond donors (Lipinski definition) is 1. The maximum Gasteiger partial charge on any atom is 0.101 e. The summed E-state index contributed by atoms with van der Waals surface area (Å²) in [7, 11) is 0. The Hall–Kier alpha value is -0.890. The fourth-order valence-electron chi connectivity index (χ4n) is 1.92. The molecular formula is C11H14FN. The Balaban J connectivity index is 2.19. The number of nitrogens with two attached hydrogens (primary N) is 1. The average Bonchev–Trinajstić information content (AvgIpc) is 2.13. The van der Waals surface area contributed by atoms with Crippen LogP contribution in [0.25, 0.3) is 0 Å². The molecule has 0 amide bonds. The fraction of sp³-hybridized carbons (Fsp3) is 0.455. The minimum atomic E-state index is -0.587. The lowest BCUT2D eigenvalue weighted by molar-refractivity contribution is 0.178. The topological polar surface area (TPSA) is 26.0 Å². The van der Waals surface area contributed by atoms with Crippen LogP contribution in [-0.2, 0) is 6.54 Å². The van der Waals surface area contributed by atoms with Gasteiger partial charge in [0.15, 0.2) is 0 Å². The van der Waals surface area contributed by atoms with Crippen molar-refractivity contribution in [1.29, 1.82) is 0 Å². The molecule has 2 heteroatoms. The van der Waals surface area contributed by atoms with Crippen LogP contribution in [0, 0.1) is 0 Å². The van der Waals surface area contributed by atoms with E-state index < -0.39 is 6.17 Å². The monoisotopic (exact) mass is 179 g/mol.